The summed E-state index contributed by atoms with van der Waals surface area (Å²) in [6, 6.07) is 9.07. The Bertz CT molecular complexity index is 354. The number of rotatable bonds is 4. The minimum absolute atomic E-state index is 0.672. The third-order valence-electron chi connectivity index (χ3n) is 3.70. The van der Waals surface area contributed by atoms with Gasteiger partial charge in [0.1, 0.15) is 0 Å². The summed E-state index contributed by atoms with van der Waals surface area (Å²) in [5, 5.41) is 0. The molecule has 1 aromatic carbocycles. The van der Waals surface area contributed by atoms with Crippen molar-refractivity contribution in [3.63, 3.8) is 0 Å². The molecule has 1 rings (SSSR count). The lowest BCUT2D eigenvalue weighted by molar-refractivity contribution is 0.733. The molecule has 0 aliphatic heterocycles. The number of hydrogen-bond acceptors (Lipinski definition) is 0. The van der Waals surface area contributed by atoms with Crippen LogP contribution >= 0.6 is 0 Å². The third kappa shape index (κ3) is 2.98. The highest BCUT2D eigenvalue weighted by molar-refractivity contribution is 5.66. The molecule has 0 heteroatoms. The molecule has 0 aromatic heterocycles. The molecule has 0 radical (unpaired) electrons. The van der Waals surface area contributed by atoms with Crippen molar-refractivity contribution in [2.24, 2.45) is 0 Å². The quantitative estimate of drug-likeness (QED) is 0.632. The molecule has 0 saturated carbocycles. The van der Waals surface area contributed by atoms with Crippen molar-refractivity contribution in [1.82, 2.24) is 0 Å². The molecular formula is C16H24. The van der Waals surface area contributed by atoms with Crippen molar-refractivity contribution in [2.45, 2.75) is 53.4 Å². The fraction of sp³-hybridized carbons (Fsp3) is 0.500. The zero-order valence-electron chi connectivity index (χ0n) is 11.3. The predicted molar refractivity (Wildman–Crippen MR) is 73.7 cm³/mol. The molecule has 0 fully saturated rings. The summed E-state index contributed by atoms with van der Waals surface area (Å²) >= 11 is 0. The van der Waals surface area contributed by atoms with Crippen LogP contribution in [0.25, 0.3) is 5.57 Å². The molecule has 0 nitrogen and oxygen atoms in total. The van der Waals surface area contributed by atoms with Gasteiger partial charge in [-0.25, -0.2) is 0 Å². The molecule has 0 spiro atoms. The van der Waals surface area contributed by atoms with E-state index in [4.69, 9.17) is 0 Å². The average molecular weight is 216 g/mol. The van der Waals surface area contributed by atoms with Gasteiger partial charge in [-0.1, -0.05) is 50.6 Å². The third-order valence-corrected chi connectivity index (χ3v) is 3.70. The van der Waals surface area contributed by atoms with Crippen LogP contribution in [0.5, 0.6) is 0 Å². The van der Waals surface area contributed by atoms with E-state index in [1.165, 1.54) is 28.7 Å². The van der Waals surface area contributed by atoms with Gasteiger partial charge < -0.3 is 0 Å². The summed E-state index contributed by atoms with van der Waals surface area (Å²) in [5.41, 5.74) is 5.73. The summed E-state index contributed by atoms with van der Waals surface area (Å²) in [6.45, 7) is 11.2. The SMILES string of the molecule is CC/C(C)=C(/C)c1ccc(C(C)CC)cc1. The van der Waals surface area contributed by atoms with Gasteiger partial charge in [0.2, 0.25) is 0 Å². The maximum atomic E-state index is 2.29. The Morgan fingerprint density at radius 2 is 1.62 bits per heavy atom. The van der Waals surface area contributed by atoms with Crippen molar-refractivity contribution in [3.05, 3.63) is 41.0 Å². The lowest BCUT2D eigenvalue weighted by Gasteiger charge is -2.11. The minimum atomic E-state index is 0.672. The second-order valence-electron chi connectivity index (χ2n) is 4.69. The van der Waals surface area contributed by atoms with Crippen molar-refractivity contribution in [3.8, 4) is 0 Å². The molecule has 1 atom stereocenters. The van der Waals surface area contributed by atoms with E-state index in [-0.39, 0.29) is 0 Å². The molecule has 16 heavy (non-hydrogen) atoms. The fourth-order valence-corrected chi connectivity index (χ4v) is 1.81. The van der Waals surface area contributed by atoms with Crippen LogP contribution in [0.2, 0.25) is 0 Å². The van der Waals surface area contributed by atoms with Gasteiger partial charge in [-0.2, -0.15) is 0 Å². The van der Waals surface area contributed by atoms with Gasteiger partial charge in [-0.3, -0.25) is 0 Å². The van der Waals surface area contributed by atoms with Crippen LogP contribution in [-0.4, -0.2) is 0 Å². The van der Waals surface area contributed by atoms with Crippen LogP contribution in [0.15, 0.2) is 29.8 Å². The Morgan fingerprint density at radius 3 is 2.06 bits per heavy atom. The number of hydrogen-bond donors (Lipinski definition) is 0. The van der Waals surface area contributed by atoms with Gasteiger partial charge in [0.25, 0.3) is 0 Å². The summed E-state index contributed by atoms with van der Waals surface area (Å²) in [4.78, 5) is 0. The Kier molecular flexibility index (Phi) is 4.79. The largest absolute Gasteiger partial charge is 0.0701 e. The smallest absolute Gasteiger partial charge is 0.0193 e. The Balaban J connectivity index is 2.95. The lowest BCUT2D eigenvalue weighted by Crippen LogP contribution is -1.92. The van der Waals surface area contributed by atoms with Crippen LogP contribution in [-0.2, 0) is 0 Å². The molecule has 88 valence electrons. The van der Waals surface area contributed by atoms with E-state index in [2.05, 4.69) is 58.9 Å². The van der Waals surface area contributed by atoms with E-state index in [0.29, 0.717) is 5.92 Å². The zero-order chi connectivity index (χ0) is 12.1. The second-order valence-corrected chi connectivity index (χ2v) is 4.69. The molecule has 0 bridgehead atoms. The van der Waals surface area contributed by atoms with Gasteiger partial charge in [-0.15, -0.1) is 0 Å². The molecule has 0 aliphatic carbocycles. The van der Waals surface area contributed by atoms with Gasteiger partial charge >= 0.3 is 0 Å². The summed E-state index contributed by atoms with van der Waals surface area (Å²) < 4.78 is 0. The van der Waals surface area contributed by atoms with Crippen LogP contribution in [0.4, 0.5) is 0 Å². The van der Waals surface area contributed by atoms with E-state index >= 15 is 0 Å². The van der Waals surface area contributed by atoms with Crippen LogP contribution in [0.1, 0.15) is 64.5 Å². The Morgan fingerprint density at radius 1 is 1.06 bits per heavy atom. The average Bonchev–Trinajstić information content (AvgIpc) is 2.36. The summed E-state index contributed by atoms with van der Waals surface area (Å²) in [7, 11) is 0. The fourth-order valence-electron chi connectivity index (χ4n) is 1.81. The first-order valence-electron chi connectivity index (χ1n) is 6.36. The predicted octanol–water partition coefficient (Wildman–Crippen LogP) is 5.40. The van der Waals surface area contributed by atoms with Crippen molar-refractivity contribution in [2.75, 3.05) is 0 Å². The van der Waals surface area contributed by atoms with Crippen molar-refractivity contribution in [1.29, 1.82) is 0 Å². The molecule has 1 aromatic rings. The monoisotopic (exact) mass is 216 g/mol. The molecule has 1 unspecified atom stereocenters. The maximum absolute atomic E-state index is 2.29. The highest BCUT2D eigenvalue weighted by atomic mass is 14.1. The highest BCUT2D eigenvalue weighted by Gasteiger charge is 2.04. The van der Waals surface area contributed by atoms with E-state index in [0.717, 1.165) is 6.42 Å². The molecule has 0 aliphatic rings. The normalized spacial score (nSPS) is 14.6. The summed E-state index contributed by atoms with van der Waals surface area (Å²) in [6.07, 6.45) is 2.35. The molecule has 0 amide bonds. The van der Waals surface area contributed by atoms with Gasteiger partial charge in [0, 0.05) is 0 Å². The van der Waals surface area contributed by atoms with Crippen LogP contribution in [0, 0.1) is 0 Å². The zero-order valence-corrected chi connectivity index (χ0v) is 11.3. The topological polar surface area (TPSA) is 0 Å². The van der Waals surface area contributed by atoms with Crippen LogP contribution < -0.4 is 0 Å². The van der Waals surface area contributed by atoms with Gasteiger partial charge in [0.05, 0.1) is 0 Å². The molecular weight excluding hydrogens is 192 g/mol. The first-order valence-corrected chi connectivity index (χ1v) is 6.36. The first-order chi connectivity index (χ1) is 7.60. The summed E-state index contributed by atoms with van der Waals surface area (Å²) in [5.74, 6) is 0.672. The Hall–Kier alpha value is -1.04. The maximum Gasteiger partial charge on any atom is -0.0193 e. The highest BCUT2D eigenvalue weighted by Crippen LogP contribution is 2.24. The van der Waals surface area contributed by atoms with Gasteiger partial charge in [0.15, 0.2) is 0 Å². The van der Waals surface area contributed by atoms with Crippen LogP contribution in [0.3, 0.4) is 0 Å². The Labute approximate surface area is 100 Å². The van der Waals surface area contributed by atoms with E-state index < -0.39 is 0 Å². The number of allylic oxidation sites excluding steroid dienone is 2. The molecule has 0 N–H and O–H groups in total. The van der Waals surface area contributed by atoms with Crippen molar-refractivity contribution >= 4 is 5.57 Å². The second kappa shape index (κ2) is 5.89. The first kappa shape index (κ1) is 13.0. The minimum Gasteiger partial charge on any atom is -0.0701 e. The standard InChI is InChI=1S/C16H24/c1-6-12(3)14(5)16-10-8-15(9-11-16)13(4)7-2/h8-11,13H,6-7H2,1-5H3/b14-12-. The van der Waals surface area contributed by atoms with Crippen molar-refractivity contribution < 1.29 is 0 Å². The lowest BCUT2D eigenvalue weighted by atomic mass is 9.94. The molecule has 0 heterocycles. The van der Waals surface area contributed by atoms with E-state index in [1.807, 2.05) is 0 Å². The molecule has 0 saturated heterocycles. The number of benzene rings is 1. The van der Waals surface area contributed by atoms with Gasteiger partial charge in [-0.05, 0) is 49.3 Å². The van der Waals surface area contributed by atoms with E-state index in [1.54, 1.807) is 0 Å². The van der Waals surface area contributed by atoms with E-state index in [9.17, 15) is 0 Å².